The fraction of sp³-hybridized carbons (Fsp3) is 0.708. The Morgan fingerprint density at radius 3 is 2.50 bits per heavy atom. The highest BCUT2D eigenvalue weighted by Crippen LogP contribution is 2.19. The van der Waals surface area contributed by atoms with E-state index in [4.69, 9.17) is 4.99 Å². The van der Waals surface area contributed by atoms with Gasteiger partial charge >= 0.3 is 0 Å². The fourth-order valence-corrected chi connectivity index (χ4v) is 4.53. The SMILES string of the molecule is CCNC(=NCC1CCCN(C(C)C)C1)NC1CCN(Cc2ccccc2)CC1.I. The van der Waals surface area contributed by atoms with Crippen molar-refractivity contribution in [2.75, 3.05) is 39.3 Å². The second-order valence-corrected chi connectivity index (χ2v) is 9.00. The quantitative estimate of drug-likeness (QED) is 0.320. The Kier molecular flexibility index (Phi) is 11.5. The van der Waals surface area contributed by atoms with Crippen molar-refractivity contribution in [3.63, 3.8) is 0 Å². The molecule has 0 saturated carbocycles. The van der Waals surface area contributed by atoms with Crippen LogP contribution in [-0.2, 0) is 6.54 Å². The number of aliphatic imine (C=N–C) groups is 1. The summed E-state index contributed by atoms with van der Waals surface area (Å²) in [7, 11) is 0. The number of guanidine groups is 1. The summed E-state index contributed by atoms with van der Waals surface area (Å²) in [6.07, 6.45) is 4.98. The molecule has 170 valence electrons. The van der Waals surface area contributed by atoms with Gasteiger partial charge in [0.25, 0.3) is 0 Å². The molecular weight excluding hydrogens is 485 g/mol. The minimum Gasteiger partial charge on any atom is -0.357 e. The Hall–Kier alpha value is -0.860. The lowest BCUT2D eigenvalue weighted by molar-refractivity contribution is 0.143. The highest BCUT2D eigenvalue weighted by atomic mass is 127. The van der Waals surface area contributed by atoms with Crippen LogP contribution >= 0.6 is 24.0 Å². The first kappa shape index (κ1) is 25.4. The lowest BCUT2D eigenvalue weighted by atomic mass is 9.97. The van der Waals surface area contributed by atoms with Gasteiger partial charge in [-0.15, -0.1) is 24.0 Å². The summed E-state index contributed by atoms with van der Waals surface area (Å²) >= 11 is 0. The smallest absolute Gasteiger partial charge is 0.191 e. The molecule has 1 atom stereocenters. The highest BCUT2D eigenvalue weighted by Gasteiger charge is 2.23. The number of nitrogens with zero attached hydrogens (tertiary/aromatic N) is 3. The zero-order valence-corrected chi connectivity index (χ0v) is 21.5. The van der Waals surface area contributed by atoms with Crippen LogP contribution < -0.4 is 10.6 Å². The zero-order chi connectivity index (χ0) is 20.5. The van der Waals surface area contributed by atoms with Crippen LogP contribution in [0.25, 0.3) is 0 Å². The largest absolute Gasteiger partial charge is 0.357 e. The maximum Gasteiger partial charge on any atom is 0.191 e. The van der Waals surface area contributed by atoms with Gasteiger partial charge in [-0.3, -0.25) is 9.89 Å². The van der Waals surface area contributed by atoms with E-state index in [1.165, 1.54) is 44.3 Å². The summed E-state index contributed by atoms with van der Waals surface area (Å²) in [6, 6.07) is 12.0. The molecule has 2 saturated heterocycles. The molecule has 0 aliphatic carbocycles. The highest BCUT2D eigenvalue weighted by molar-refractivity contribution is 14.0. The maximum absolute atomic E-state index is 4.97. The average molecular weight is 528 g/mol. The van der Waals surface area contributed by atoms with E-state index >= 15 is 0 Å². The number of nitrogens with one attached hydrogen (secondary N) is 2. The molecule has 2 aliphatic heterocycles. The third kappa shape index (κ3) is 8.35. The van der Waals surface area contributed by atoms with Crippen molar-refractivity contribution in [1.29, 1.82) is 0 Å². The van der Waals surface area contributed by atoms with E-state index in [9.17, 15) is 0 Å². The van der Waals surface area contributed by atoms with E-state index in [1.807, 2.05) is 0 Å². The zero-order valence-electron chi connectivity index (χ0n) is 19.1. The Morgan fingerprint density at radius 2 is 1.83 bits per heavy atom. The van der Waals surface area contributed by atoms with E-state index in [1.54, 1.807) is 0 Å². The molecule has 0 radical (unpaired) electrons. The van der Waals surface area contributed by atoms with Crippen molar-refractivity contribution in [2.45, 2.75) is 65.1 Å². The van der Waals surface area contributed by atoms with Crippen LogP contribution in [0.4, 0.5) is 0 Å². The van der Waals surface area contributed by atoms with Gasteiger partial charge in [0.2, 0.25) is 0 Å². The second-order valence-electron chi connectivity index (χ2n) is 9.00. The van der Waals surface area contributed by atoms with Gasteiger partial charge in [-0.2, -0.15) is 0 Å². The molecule has 2 heterocycles. The molecule has 0 amide bonds. The lowest BCUT2D eigenvalue weighted by Gasteiger charge is -2.35. The van der Waals surface area contributed by atoms with Crippen molar-refractivity contribution in [1.82, 2.24) is 20.4 Å². The van der Waals surface area contributed by atoms with Gasteiger partial charge < -0.3 is 15.5 Å². The Balaban J connectivity index is 0.00000320. The van der Waals surface area contributed by atoms with E-state index < -0.39 is 0 Å². The minimum atomic E-state index is 0. The molecule has 3 rings (SSSR count). The van der Waals surface area contributed by atoms with Crippen molar-refractivity contribution in [3.05, 3.63) is 35.9 Å². The molecule has 1 unspecified atom stereocenters. The third-order valence-corrected chi connectivity index (χ3v) is 6.31. The van der Waals surface area contributed by atoms with Crippen LogP contribution in [0, 0.1) is 5.92 Å². The van der Waals surface area contributed by atoms with Crippen LogP contribution in [0.2, 0.25) is 0 Å². The van der Waals surface area contributed by atoms with E-state index in [0.29, 0.717) is 18.0 Å². The fourth-order valence-electron chi connectivity index (χ4n) is 4.53. The van der Waals surface area contributed by atoms with Crippen molar-refractivity contribution < 1.29 is 0 Å². The summed E-state index contributed by atoms with van der Waals surface area (Å²) in [5.74, 6) is 1.70. The second kappa shape index (κ2) is 13.5. The lowest BCUT2D eigenvalue weighted by Crippen LogP contribution is -2.49. The van der Waals surface area contributed by atoms with Gasteiger partial charge in [0.15, 0.2) is 5.96 Å². The third-order valence-electron chi connectivity index (χ3n) is 6.31. The summed E-state index contributed by atoms with van der Waals surface area (Å²) in [6.45, 7) is 14.4. The van der Waals surface area contributed by atoms with E-state index in [0.717, 1.165) is 38.7 Å². The normalized spacial score (nSPS) is 22.0. The van der Waals surface area contributed by atoms with Crippen molar-refractivity contribution in [2.24, 2.45) is 10.9 Å². The van der Waals surface area contributed by atoms with Gasteiger partial charge in [-0.05, 0) is 64.5 Å². The molecule has 1 aromatic rings. The molecular formula is C24H42IN5. The molecule has 2 fully saturated rings. The van der Waals surface area contributed by atoms with Gasteiger partial charge in [-0.25, -0.2) is 0 Å². The summed E-state index contributed by atoms with van der Waals surface area (Å²) in [5, 5.41) is 7.18. The van der Waals surface area contributed by atoms with E-state index in [-0.39, 0.29) is 24.0 Å². The maximum atomic E-state index is 4.97. The first-order valence-corrected chi connectivity index (χ1v) is 11.7. The molecule has 5 nitrogen and oxygen atoms in total. The first-order chi connectivity index (χ1) is 14.1. The monoisotopic (exact) mass is 527 g/mol. The van der Waals surface area contributed by atoms with Crippen LogP contribution in [0.5, 0.6) is 0 Å². The summed E-state index contributed by atoms with van der Waals surface area (Å²) in [5.41, 5.74) is 1.41. The van der Waals surface area contributed by atoms with Crippen LogP contribution in [0.3, 0.4) is 0 Å². The molecule has 30 heavy (non-hydrogen) atoms. The number of rotatable bonds is 7. The van der Waals surface area contributed by atoms with Gasteiger partial charge in [0, 0.05) is 51.4 Å². The molecule has 0 bridgehead atoms. The average Bonchev–Trinajstić information content (AvgIpc) is 2.74. The van der Waals surface area contributed by atoms with Crippen molar-refractivity contribution in [3.8, 4) is 0 Å². The predicted molar refractivity (Wildman–Crippen MR) is 139 cm³/mol. The standard InChI is InChI=1S/C24H41N5.HI/c1-4-25-24(26-17-22-11-8-14-29(19-22)20(2)3)27-23-12-15-28(16-13-23)18-21-9-6-5-7-10-21;/h5-7,9-10,20,22-23H,4,8,11-19H2,1-3H3,(H2,25,26,27);1H. The summed E-state index contributed by atoms with van der Waals surface area (Å²) in [4.78, 5) is 10.1. The number of hydrogen-bond donors (Lipinski definition) is 2. The van der Waals surface area contributed by atoms with Gasteiger partial charge in [0.1, 0.15) is 0 Å². The number of hydrogen-bond acceptors (Lipinski definition) is 3. The molecule has 2 aliphatic rings. The van der Waals surface area contributed by atoms with Crippen LogP contribution in [0.1, 0.15) is 52.0 Å². The summed E-state index contributed by atoms with van der Waals surface area (Å²) < 4.78 is 0. The predicted octanol–water partition coefficient (Wildman–Crippen LogP) is 3.94. The number of piperidine rings is 2. The molecule has 0 spiro atoms. The Labute approximate surface area is 201 Å². The molecule has 0 aromatic heterocycles. The minimum absolute atomic E-state index is 0. The van der Waals surface area contributed by atoms with Gasteiger partial charge in [-0.1, -0.05) is 30.3 Å². The van der Waals surface area contributed by atoms with Crippen molar-refractivity contribution >= 4 is 29.9 Å². The van der Waals surface area contributed by atoms with Gasteiger partial charge in [0.05, 0.1) is 0 Å². The number of likely N-dealkylation sites (tertiary alicyclic amines) is 2. The molecule has 1 aromatic carbocycles. The number of halogens is 1. The van der Waals surface area contributed by atoms with Crippen LogP contribution in [-0.4, -0.2) is 67.1 Å². The topological polar surface area (TPSA) is 42.9 Å². The van der Waals surface area contributed by atoms with Crippen LogP contribution in [0.15, 0.2) is 35.3 Å². The Morgan fingerprint density at radius 1 is 1.10 bits per heavy atom. The Bertz CT molecular complexity index is 613. The molecule has 2 N–H and O–H groups in total. The first-order valence-electron chi connectivity index (χ1n) is 11.7. The number of benzene rings is 1. The van der Waals surface area contributed by atoms with E-state index in [2.05, 4.69) is 71.5 Å². The molecule has 6 heteroatoms.